The van der Waals surface area contributed by atoms with Gasteiger partial charge in [-0.15, -0.1) is 0 Å². The molecule has 0 aliphatic carbocycles. The Morgan fingerprint density at radius 2 is 1.38 bits per heavy atom. The molecule has 1 N–H and O–H groups in total. The zero-order chi connectivity index (χ0) is 19.9. The van der Waals surface area contributed by atoms with Crippen molar-refractivity contribution >= 4 is 77.0 Å². The molecule has 29 heavy (non-hydrogen) atoms. The van der Waals surface area contributed by atoms with Gasteiger partial charge < -0.3 is 9.67 Å². The number of aliphatic hydroxyl groups is 1. The van der Waals surface area contributed by atoms with Crippen molar-refractivity contribution in [1.29, 1.82) is 0 Å². The van der Waals surface area contributed by atoms with Gasteiger partial charge in [0.05, 0.1) is 23.3 Å². The van der Waals surface area contributed by atoms with E-state index in [-0.39, 0.29) is 30.7 Å². The Kier molecular flexibility index (Phi) is 6.80. The van der Waals surface area contributed by atoms with Gasteiger partial charge in [0, 0.05) is 30.8 Å². The number of sulfone groups is 1. The van der Waals surface area contributed by atoms with E-state index in [9.17, 15) is 13.5 Å². The fourth-order valence-electron chi connectivity index (χ4n) is 3.49. The molecule has 4 rings (SSSR count). The third kappa shape index (κ3) is 4.56. The zero-order valence-corrected chi connectivity index (χ0v) is 20.2. The van der Waals surface area contributed by atoms with Crippen LogP contribution in [-0.4, -0.2) is 29.9 Å². The number of benzene rings is 3. The van der Waals surface area contributed by atoms with Gasteiger partial charge in [-0.25, -0.2) is 8.42 Å². The van der Waals surface area contributed by atoms with E-state index in [4.69, 9.17) is 0 Å². The third-order valence-corrected chi connectivity index (χ3v) is 7.50. The van der Waals surface area contributed by atoms with Gasteiger partial charge in [0.1, 0.15) is 0 Å². The summed E-state index contributed by atoms with van der Waals surface area (Å²) in [7, 11) is -3.56. The molecule has 0 radical (unpaired) electrons. The highest BCUT2D eigenvalue weighted by molar-refractivity contribution is 9.10. The van der Waals surface area contributed by atoms with Crippen molar-refractivity contribution in [2.75, 3.05) is 5.75 Å². The van der Waals surface area contributed by atoms with Gasteiger partial charge in [-0.2, -0.15) is 13.5 Å². The van der Waals surface area contributed by atoms with E-state index in [1.807, 2.05) is 41.0 Å². The molecule has 1 aromatic heterocycles. The molecule has 1 heterocycles. The smallest absolute Gasteiger partial charge is 0.180 e. The van der Waals surface area contributed by atoms with Crippen molar-refractivity contribution < 1.29 is 13.5 Å². The summed E-state index contributed by atoms with van der Waals surface area (Å²) in [5.74, 6) is -0.328. The zero-order valence-electron chi connectivity index (χ0n) is 15.2. The van der Waals surface area contributed by atoms with Crippen molar-refractivity contribution in [1.82, 2.24) is 4.57 Å². The highest BCUT2D eigenvalue weighted by atomic mass is 79.9. The van der Waals surface area contributed by atoms with Crippen LogP contribution in [0, 0.1) is 0 Å². The first-order valence-electron chi connectivity index (χ1n) is 8.68. The summed E-state index contributed by atoms with van der Waals surface area (Å²) in [6.07, 6.45) is -1.03. The number of hydrogen-bond donors (Lipinski definition) is 1. The average Bonchev–Trinajstić information content (AvgIpc) is 2.94. The molecule has 0 unspecified atom stereocenters. The van der Waals surface area contributed by atoms with Crippen LogP contribution < -0.4 is 0 Å². The number of nitrogens with zero attached hydrogens (tertiary/aromatic N) is 1. The number of halogens is 2. The second-order valence-corrected chi connectivity index (χ2v) is 10.5. The van der Waals surface area contributed by atoms with E-state index < -0.39 is 15.9 Å². The summed E-state index contributed by atoms with van der Waals surface area (Å²) in [5.41, 5.74) is 1.90. The predicted octanol–water partition coefficient (Wildman–Crippen LogP) is 5.27. The monoisotopic (exact) mass is 555 g/mol. The summed E-state index contributed by atoms with van der Waals surface area (Å²) in [4.78, 5) is 0.226. The van der Waals surface area contributed by atoms with Crippen LogP contribution in [0.3, 0.4) is 0 Å². The molecule has 152 valence electrons. The van der Waals surface area contributed by atoms with Crippen LogP contribution in [0.1, 0.15) is 0 Å². The van der Waals surface area contributed by atoms with Crippen LogP contribution in [0.25, 0.3) is 21.8 Å². The van der Waals surface area contributed by atoms with Crippen LogP contribution in [0.4, 0.5) is 0 Å². The Labute approximate surface area is 193 Å². The molecule has 3 aromatic carbocycles. The molecule has 4 aromatic rings. The van der Waals surface area contributed by atoms with Crippen LogP contribution in [0.2, 0.25) is 0 Å². The minimum Gasteiger partial charge on any atom is -0.390 e. The molecular formula is C21H19Br2NO3S2. The van der Waals surface area contributed by atoms with Crippen molar-refractivity contribution in [3.05, 3.63) is 75.7 Å². The predicted molar refractivity (Wildman–Crippen MR) is 130 cm³/mol. The van der Waals surface area contributed by atoms with E-state index in [2.05, 4.69) is 31.9 Å². The fourth-order valence-corrected chi connectivity index (χ4v) is 5.58. The maximum absolute atomic E-state index is 12.6. The molecule has 0 aliphatic rings. The number of aromatic nitrogens is 1. The van der Waals surface area contributed by atoms with Crippen LogP contribution >= 0.6 is 45.4 Å². The molecule has 0 fully saturated rings. The Bertz CT molecular complexity index is 1210. The van der Waals surface area contributed by atoms with Crippen LogP contribution in [0.15, 0.2) is 80.6 Å². The minimum atomic E-state index is -3.56. The van der Waals surface area contributed by atoms with Crippen molar-refractivity contribution in [3.63, 3.8) is 0 Å². The molecule has 0 amide bonds. The summed E-state index contributed by atoms with van der Waals surface area (Å²) >= 11 is 7.03. The fraction of sp³-hybridized carbons (Fsp3) is 0.143. The van der Waals surface area contributed by atoms with Gasteiger partial charge in [-0.1, -0.05) is 50.1 Å². The second-order valence-electron chi connectivity index (χ2n) is 6.68. The first-order valence-corrected chi connectivity index (χ1v) is 11.9. The van der Waals surface area contributed by atoms with Crippen LogP contribution in [0.5, 0.6) is 0 Å². The lowest BCUT2D eigenvalue weighted by Crippen LogP contribution is -2.25. The molecule has 8 heteroatoms. The summed E-state index contributed by atoms with van der Waals surface area (Å²) in [5, 5.41) is 12.7. The van der Waals surface area contributed by atoms with Gasteiger partial charge in [-0.3, -0.25) is 0 Å². The Balaban J connectivity index is 0.00000240. The van der Waals surface area contributed by atoms with Gasteiger partial charge >= 0.3 is 0 Å². The van der Waals surface area contributed by atoms with E-state index in [1.54, 1.807) is 30.3 Å². The molecular weight excluding hydrogens is 538 g/mol. The standard InChI is InChI=1S/C21H17Br2NO3S.H2S/c22-14-6-8-20-18(10-14)19-11-15(23)7-9-21(19)24(20)12-16(25)13-28(26,27)17-4-2-1-3-5-17;/h1-11,16,25H,12-13H2;1H2/t16-;/m0./s1. The lowest BCUT2D eigenvalue weighted by Gasteiger charge is -2.14. The first-order chi connectivity index (χ1) is 13.3. The number of aliphatic hydroxyl groups excluding tert-OH is 1. The van der Waals surface area contributed by atoms with Gasteiger partial charge in [0.25, 0.3) is 0 Å². The van der Waals surface area contributed by atoms with Gasteiger partial charge in [0.2, 0.25) is 0 Å². The Morgan fingerprint density at radius 1 is 0.862 bits per heavy atom. The van der Waals surface area contributed by atoms with Gasteiger partial charge in [-0.05, 0) is 48.5 Å². The highest BCUT2D eigenvalue weighted by Gasteiger charge is 2.21. The maximum atomic E-state index is 12.6. The Morgan fingerprint density at radius 3 is 1.90 bits per heavy atom. The first kappa shape index (κ1) is 22.4. The highest BCUT2D eigenvalue weighted by Crippen LogP contribution is 2.33. The van der Waals surface area contributed by atoms with Gasteiger partial charge in [0.15, 0.2) is 9.84 Å². The van der Waals surface area contributed by atoms with E-state index in [1.165, 1.54) is 0 Å². The summed E-state index contributed by atoms with van der Waals surface area (Å²) in [6.45, 7) is 0.190. The average molecular weight is 557 g/mol. The SMILES string of the molecule is O=S(=O)(C[C@@H](O)Cn1c2ccc(Br)cc2c2cc(Br)ccc21)c1ccccc1.S. The number of hydrogen-bond acceptors (Lipinski definition) is 3. The molecule has 0 aliphatic heterocycles. The molecule has 4 nitrogen and oxygen atoms in total. The quantitative estimate of drug-likeness (QED) is 0.364. The van der Waals surface area contributed by atoms with Crippen molar-refractivity contribution in [3.8, 4) is 0 Å². The summed E-state index contributed by atoms with van der Waals surface area (Å²) < 4.78 is 29.1. The normalized spacial score (nSPS) is 12.8. The molecule has 0 saturated heterocycles. The lowest BCUT2D eigenvalue weighted by atomic mass is 10.2. The van der Waals surface area contributed by atoms with E-state index in [0.717, 1.165) is 30.8 Å². The van der Waals surface area contributed by atoms with Crippen molar-refractivity contribution in [2.24, 2.45) is 0 Å². The maximum Gasteiger partial charge on any atom is 0.180 e. The molecule has 0 spiro atoms. The second kappa shape index (κ2) is 8.81. The molecule has 1 atom stereocenters. The summed E-state index contributed by atoms with van der Waals surface area (Å²) in [6, 6.07) is 20.2. The third-order valence-electron chi connectivity index (χ3n) is 4.70. The van der Waals surface area contributed by atoms with Crippen LogP contribution in [-0.2, 0) is 16.4 Å². The Hall–Kier alpha value is -1.32. The van der Waals surface area contributed by atoms with Crippen molar-refractivity contribution in [2.45, 2.75) is 17.5 Å². The van der Waals surface area contributed by atoms with E-state index >= 15 is 0 Å². The topological polar surface area (TPSA) is 59.3 Å². The lowest BCUT2D eigenvalue weighted by molar-refractivity contribution is 0.179. The number of rotatable bonds is 5. The largest absolute Gasteiger partial charge is 0.390 e. The molecule has 0 saturated carbocycles. The number of fused-ring (bicyclic) bond motifs is 3. The van der Waals surface area contributed by atoms with E-state index in [0.29, 0.717) is 0 Å². The minimum absolute atomic E-state index is 0. The molecule has 0 bridgehead atoms.